The minimum atomic E-state index is 0.00516. The molecule has 8 nitrogen and oxygen atoms in total. The van der Waals surface area contributed by atoms with Crippen molar-refractivity contribution in [2.45, 2.75) is 18.9 Å². The van der Waals surface area contributed by atoms with E-state index in [-0.39, 0.29) is 5.91 Å². The summed E-state index contributed by atoms with van der Waals surface area (Å²) in [6.07, 6.45) is 3.89. The van der Waals surface area contributed by atoms with Crippen LogP contribution in [-0.2, 0) is 0 Å². The van der Waals surface area contributed by atoms with Crippen molar-refractivity contribution in [2.24, 2.45) is 0 Å². The highest BCUT2D eigenvalue weighted by Crippen LogP contribution is 2.31. The van der Waals surface area contributed by atoms with Crippen LogP contribution >= 0.6 is 11.5 Å². The normalized spacial score (nSPS) is 17.3. The maximum Gasteiger partial charge on any atom is 0.267 e. The van der Waals surface area contributed by atoms with Crippen LogP contribution in [0.4, 0.5) is 11.6 Å². The Balaban J connectivity index is 1.38. The van der Waals surface area contributed by atoms with Crippen molar-refractivity contribution in [1.29, 1.82) is 0 Å². The van der Waals surface area contributed by atoms with Gasteiger partial charge in [0.1, 0.15) is 4.88 Å². The number of anilines is 2. The van der Waals surface area contributed by atoms with Crippen molar-refractivity contribution in [3.8, 4) is 0 Å². The smallest absolute Gasteiger partial charge is 0.267 e. The highest BCUT2D eigenvalue weighted by molar-refractivity contribution is 7.07. The van der Waals surface area contributed by atoms with Gasteiger partial charge >= 0.3 is 0 Å². The number of hydrogen-bond donors (Lipinski definition) is 1. The number of aromatic nitrogens is 4. The maximum absolute atomic E-state index is 12.5. The summed E-state index contributed by atoms with van der Waals surface area (Å²) in [6.45, 7) is 2.75. The number of para-hydroxylation sites is 2. The summed E-state index contributed by atoms with van der Waals surface area (Å²) in [5.74, 6) is 1.74. The Morgan fingerprint density at radius 3 is 2.48 bits per heavy atom. The summed E-state index contributed by atoms with van der Waals surface area (Å²) in [5, 5.41) is 7.28. The monoisotopic (exact) mass is 381 g/mol. The number of nitrogens with zero attached hydrogens (tertiary/aromatic N) is 6. The molecule has 5 rings (SSSR count). The molecule has 0 bridgehead atoms. The Kier molecular flexibility index (Phi) is 4.08. The lowest BCUT2D eigenvalue weighted by molar-refractivity contribution is 0.0751. The Labute approximate surface area is 160 Å². The third kappa shape index (κ3) is 3.30. The fraction of sp³-hybridized carbons (Fsp3) is 0.389. The lowest BCUT2D eigenvalue weighted by Crippen LogP contribution is -2.49. The molecule has 1 N–H and O–H groups in total. The molecule has 1 amide bonds. The average Bonchev–Trinajstić information content (AvgIpc) is 3.36. The summed E-state index contributed by atoms with van der Waals surface area (Å²) in [4.78, 5) is 26.9. The molecule has 3 aromatic rings. The topological polar surface area (TPSA) is 87.1 Å². The Hall–Kier alpha value is -2.81. The Morgan fingerprint density at radius 2 is 1.81 bits per heavy atom. The highest BCUT2D eigenvalue weighted by Gasteiger charge is 2.28. The zero-order chi connectivity index (χ0) is 18.2. The number of carbonyl (C=O) groups is 1. The van der Waals surface area contributed by atoms with Crippen molar-refractivity contribution >= 4 is 40.1 Å². The summed E-state index contributed by atoms with van der Waals surface area (Å²) >= 11 is 1.14. The van der Waals surface area contributed by atoms with E-state index >= 15 is 0 Å². The van der Waals surface area contributed by atoms with Crippen LogP contribution in [0.3, 0.4) is 0 Å². The van der Waals surface area contributed by atoms with E-state index in [4.69, 9.17) is 9.97 Å². The van der Waals surface area contributed by atoms with Crippen molar-refractivity contribution < 1.29 is 4.79 Å². The summed E-state index contributed by atoms with van der Waals surface area (Å²) < 4.78 is 3.78. The van der Waals surface area contributed by atoms with Gasteiger partial charge in [-0.25, -0.2) is 9.97 Å². The largest absolute Gasteiger partial charge is 0.364 e. The first-order valence-electron chi connectivity index (χ1n) is 9.13. The second-order valence-corrected chi connectivity index (χ2v) is 7.65. The van der Waals surface area contributed by atoms with Gasteiger partial charge in [0.25, 0.3) is 5.91 Å². The summed E-state index contributed by atoms with van der Waals surface area (Å²) in [5.41, 5.74) is 1.79. The number of benzene rings is 1. The number of amides is 1. The molecule has 1 saturated carbocycles. The van der Waals surface area contributed by atoms with Crippen LogP contribution < -0.4 is 10.2 Å². The molecule has 0 atom stereocenters. The third-order valence-electron chi connectivity index (χ3n) is 4.91. The van der Waals surface area contributed by atoms with Crippen molar-refractivity contribution in [2.75, 3.05) is 36.4 Å². The number of rotatable bonds is 4. The van der Waals surface area contributed by atoms with E-state index in [0.29, 0.717) is 24.0 Å². The molecular weight excluding hydrogens is 362 g/mol. The van der Waals surface area contributed by atoms with Gasteiger partial charge in [0, 0.05) is 32.2 Å². The van der Waals surface area contributed by atoms with E-state index in [1.165, 1.54) is 19.0 Å². The van der Waals surface area contributed by atoms with Crippen LogP contribution in [0.15, 0.2) is 30.5 Å². The third-order valence-corrected chi connectivity index (χ3v) is 5.56. The lowest BCUT2D eigenvalue weighted by Gasteiger charge is -2.35. The number of carbonyl (C=O) groups excluding carboxylic acids is 1. The Morgan fingerprint density at radius 1 is 1.07 bits per heavy atom. The number of hydrogen-bond acceptors (Lipinski definition) is 8. The lowest BCUT2D eigenvalue weighted by atomic mass is 10.2. The van der Waals surface area contributed by atoms with Crippen LogP contribution in [-0.4, -0.2) is 62.6 Å². The minimum absolute atomic E-state index is 0.00516. The molecular formula is C18H19N7OS. The van der Waals surface area contributed by atoms with Crippen molar-refractivity contribution in [3.63, 3.8) is 0 Å². The number of fused-ring (bicyclic) bond motifs is 1. The maximum atomic E-state index is 12.5. The van der Waals surface area contributed by atoms with Crippen LogP contribution in [0, 0.1) is 0 Å². The molecule has 1 saturated heterocycles. The molecule has 9 heteroatoms. The van der Waals surface area contributed by atoms with Crippen LogP contribution in [0.2, 0.25) is 0 Å². The molecule has 0 unspecified atom stereocenters. The van der Waals surface area contributed by atoms with Gasteiger partial charge in [0.15, 0.2) is 11.6 Å². The van der Waals surface area contributed by atoms with Crippen LogP contribution in [0.5, 0.6) is 0 Å². The SMILES string of the molecule is O=C(c1cnns1)N1CCN(c2nc3ccccc3nc2NC2CC2)CC1. The summed E-state index contributed by atoms with van der Waals surface area (Å²) in [6, 6.07) is 8.44. The van der Waals surface area contributed by atoms with Crippen LogP contribution in [0.25, 0.3) is 11.0 Å². The molecule has 2 fully saturated rings. The van der Waals surface area contributed by atoms with E-state index in [9.17, 15) is 4.79 Å². The average molecular weight is 381 g/mol. The van der Waals surface area contributed by atoms with Gasteiger partial charge in [-0.2, -0.15) is 0 Å². The molecule has 1 aromatic carbocycles. The second-order valence-electron chi connectivity index (χ2n) is 6.86. The van der Waals surface area contributed by atoms with Crippen LogP contribution in [0.1, 0.15) is 22.5 Å². The molecule has 0 radical (unpaired) electrons. The van der Waals surface area contributed by atoms with Gasteiger partial charge in [0.2, 0.25) is 0 Å². The van der Waals surface area contributed by atoms with E-state index in [0.717, 1.165) is 47.3 Å². The van der Waals surface area contributed by atoms with E-state index in [1.54, 1.807) is 0 Å². The molecule has 2 aliphatic rings. The fourth-order valence-corrected chi connectivity index (χ4v) is 3.75. The molecule has 1 aliphatic heterocycles. The van der Waals surface area contributed by atoms with E-state index in [2.05, 4.69) is 19.8 Å². The molecule has 1 aliphatic carbocycles. The van der Waals surface area contributed by atoms with E-state index < -0.39 is 0 Å². The molecule has 2 aromatic heterocycles. The van der Waals surface area contributed by atoms with Gasteiger partial charge in [-0.3, -0.25) is 4.79 Å². The zero-order valence-electron chi connectivity index (χ0n) is 14.7. The standard InChI is InChI=1S/C18H19N7OS/c26-18(15-11-19-23-27-15)25-9-7-24(8-10-25)17-16(20-12-5-6-12)21-13-3-1-2-4-14(13)22-17/h1-4,11-12H,5-10H2,(H,20,21). The van der Waals surface area contributed by atoms with Gasteiger partial charge < -0.3 is 15.1 Å². The highest BCUT2D eigenvalue weighted by atomic mass is 32.1. The molecule has 0 spiro atoms. The molecule has 27 heavy (non-hydrogen) atoms. The first-order chi connectivity index (χ1) is 13.3. The predicted octanol–water partition coefficient (Wildman–Crippen LogP) is 2.02. The number of nitrogens with one attached hydrogen (secondary N) is 1. The minimum Gasteiger partial charge on any atom is -0.364 e. The van der Waals surface area contributed by atoms with Crippen molar-refractivity contribution in [3.05, 3.63) is 35.3 Å². The van der Waals surface area contributed by atoms with E-state index in [1.807, 2.05) is 29.2 Å². The van der Waals surface area contributed by atoms with Gasteiger partial charge in [-0.15, -0.1) is 5.10 Å². The first-order valence-corrected chi connectivity index (χ1v) is 9.90. The second kappa shape index (κ2) is 6.73. The fourth-order valence-electron chi connectivity index (χ4n) is 3.27. The van der Waals surface area contributed by atoms with Gasteiger partial charge in [0.05, 0.1) is 17.2 Å². The zero-order valence-corrected chi connectivity index (χ0v) is 15.5. The number of piperazine rings is 1. The predicted molar refractivity (Wildman–Crippen MR) is 104 cm³/mol. The van der Waals surface area contributed by atoms with Gasteiger partial charge in [-0.1, -0.05) is 16.6 Å². The quantitative estimate of drug-likeness (QED) is 0.740. The molecule has 3 heterocycles. The van der Waals surface area contributed by atoms with Gasteiger partial charge in [-0.05, 0) is 36.5 Å². The Bertz CT molecular complexity index is 965. The molecule has 138 valence electrons. The summed E-state index contributed by atoms with van der Waals surface area (Å²) in [7, 11) is 0. The van der Waals surface area contributed by atoms with Crippen molar-refractivity contribution in [1.82, 2.24) is 24.5 Å². The first kappa shape index (κ1) is 16.4.